The predicted octanol–water partition coefficient (Wildman–Crippen LogP) is 1.60. The summed E-state index contributed by atoms with van der Waals surface area (Å²) in [4.78, 5) is 42.0. The van der Waals surface area contributed by atoms with Gasteiger partial charge in [0, 0.05) is 25.4 Å². The van der Waals surface area contributed by atoms with E-state index in [0.717, 1.165) is 5.56 Å². The Balaban J connectivity index is 1.53. The van der Waals surface area contributed by atoms with E-state index in [1.807, 2.05) is 31.2 Å². The molecule has 1 aromatic rings. The minimum atomic E-state index is -0.235. The van der Waals surface area contributed by atoms with Crippen molar-refractivity contribution in [3.8, 4) is 0 Å². The Kier molecular flexibility index (Phi) is 4.74. The van der Waals surface area contributed by atoms with Crippen molar-refractivity contribution in [3.05, 3.63) is 42.2 Å². The highest BCUT2D eigenvalue weighted by Gasteiger charge is 2.46. The third-order valence-electron chi connectivity index (χ3n) is 4.74. The summed E-state index contributed by atoms with van der Waals surface area (Å²) in [5.74, 6) is -0.913. The number of allylic oxidation sites excluding steroid dienone is 2. The van der Waals surface area contributed by atoms with Crippen molar-refractivity contribution in [2.75, 3.05) is 6.54 Å². The standard InChI is InChI=1S/C18H21N3O3/c1-12(13-6-9-19-10-7-13)20-16(22)8-11-21-17(23)14-4-2-3-5-15(14)18(21)24/h2-3,6-7,9-10,12,14-15H,4-5,8,11H2,1H3,(H,20,22)/t12-,14-,15-/m0/s1. The van der Waals surface area contributed by atoms with Crippen LogP contribution in [0.3, 0.4) is 0 Å². The lowest BCUT2D eigenvalue weighted by Gasteiger charge is -2.17. The SMILES string of the molecule is C[C@H](NC(=O)CCN1C(=O)[C@H]2CC=CC[C@@H]2C1=O)c1ccncc1. The number of likely N-dealkylation sites (tertiary alicyclic amines) is 1. The summed E-state index contributed by atoms with van der Waals surface area (Å²) in [5.41, 5.74) is 0.962. The first-order chi connectivity index (χ1) is 11.6. The second kappa shape index (κ2) is 6.95. The maximum atomic E-state index is 12.3. The molecule has 0 bridgehead atoms. The van der Waals surface area contributed by atoms with Crippen molar-refractivity contribution >= 4 is 17.7 Å². The highest BCUT2D eigenvalue weighted by Crippen LogP contribution is 2.34. The van der Waals surface area contributed by atoms with Crippen LogP contribution < -0.4 is 5.32 Å². The van der Waals surface area contributed by atoms with Gasteiger partial charge < -0.3 is 5.32 Å². The van der Waals surface area contributed by atoms with Crippen molar-refractivity contribution in [1.82, 2.24) is 15.2 Å². The molecule has 3 atom stereocenters. The van der Waals surface area contributed by atoms with Gasteiger partial charge >= 0.3 is 0 Å². The van der Waals surface area contributed by atoms with E-state index in [2.05, 4.69) is 10.3 Å². The van der Waals surface area contributed by atoms with Gasteiger partial charge in [0.1, 0.15) is 0 Å². The average molecular weight is 327 g/mol. The summed E-state index contributed by atoms with van der Waals surface area (Å²) >= 11 is 0. The molecule has 1 fully saturated rings. The first-order valence-corrected chi connectivity index (χ1v) is 8.27. The van der Waals surface area contributed by atoms with Crippen LogP contribution >= 0.6 is 0 Å². The highest BCUT2D eigenvalue weighted by molar-refractivity contribution is 6.05. The van der Waals surface area contributed by atoms with E-state index in [-0.39, 0.29) is 48.6 Å². The van der Waals surface area contributed by atoms with Crippen molar-refractivity contribution in [2.24, 2.45) is 11.8 Å². The van der Waals surface area contributed by atoms with Crippen LogP contribution in [0, 0.1) is 11.8 Å². The summed E-state index contributed by atoms with van der Waals surface area (Å²) in [6.45, 7) is 2.04. The van der Waals surface area contributed by atoms with Crippen LogP contribution in [0.2, 0.25) is 0 Å². The van der Waals surface area contributed by atoms with Gasteiger partial charge in [0.05, 0.1) is 17.9 Å². The number of pyridine rings is 1. The average Bonchev–Trinajstić information content (AvgIpc) is 2.85. The molecule has 1 aromatic heterocycles. The Bertz CT molecular complexity index is 645. The van der Waals surface area contributed by atoms with E-state index in [1.54, 1.807) is 12.4 Å². The number of amides is 3. The van der Waals surface area contributed by atoms with Gasteiger partial charge in [0.25, 0.3) is 0 Å². The molecule has 24 heavy (non-hydrogen) atoms. The second-order valence-corrected chi connectivity index (χ2v) is 6.30. The molecule has 0 radical (unpaired) electrons. The Labute approximate surface area is 140 Å². The zero-order valence-corrected chi connectivity index (χ0v) is 13.6. The van der Waals surface area contributed by atoms with E-state index in [1.165, 1.54) is 4.90 Å². The fourth-order valence-corrected chi connectivity index (χ4v) is 3.35. The van der Waals surface area contributed by atoms with Crippen LogP contribution in [0.25, 0.3) is 0 Å². The van der Waals surface area contributed by atoms with Gasteiger partial charge in [0.2, 0.25) is 17.7 Å². The molecule has 1 N–H and O–H groups in total. The van der Waals surface area contributed by atoms with Crippen molar-refractivity contribution in [2.45, 2.75) is 32.2 Å². The topological polar surface area (TPSA) is 79.4 Å². The quantitative estimate of drug-likeness (QED) is 0.658. The van der Waals surface area contributed by atoms with Gasteiger partial charge in [-0.1, -0.05) is 12.2 Å². The molecule has 0 unspecified atom stereocenters. The first kappa shape index (κ1) is 16.4. The minimum absolute atomic E-state index is 0.125. The van der Waals surface area contributed by atoms with E-state index < -0.39 is 0 Å². The lowest BCUT2D eigenvalue weighted by molar-refractivity contribution is -0.140. The molecule has 0 aromatic carbocycles. The maximum Gasteiger partial charge on any atom is 0.233 e. The molecular weight excluding hydrogens is 306 g/mol. The molecular formula is C18H21N3O3. The van der Waals surface area contributed by atoms with E-state index in [0.29, 0.717) is 12.8 Å². The van der Waals surface area contributed by atoms with Crippen LogP contribution in [-0.4, -0.2) is 34.2 Å². The van der Waals surface area contributed by atoms with Crippen molar-refractivity contribution in [3.63, 3.8) is 0 Å². The zero-order chi connectivity index (χ0) is 17.1. The number of hydrogen-bond donors (Lipinski definition) is 1. The van der Waals surface area contributed by atoms with Gasteiger partial charge in [-0.05, 0) is 37.5 Å². The Morgan fingerprint density at radius 3 is 2.38 bits per heavy atom. The largest absolute Gasteiger partial charge is 0.350 e. The predicted molar refractivity (Wildman–Crippen MR) is 87.5 cm³/mol. The number of aromatic nitrogens is 1. The Morgan fingerprint density at radius 2 is 1.79 bits per heavy atom. The monoisotopic (exact) mass is 327 g/mol. The maximum absolute atomic E-state index is 12.3. The van der Waals surface area contributed by atoms with E-state index in [4.69, 9.17) is 0 Å². The number of nitrogens with one attached hydrogen (secondary N) is 1. The lowest BCUT2D eigenvalue weighted by Crippen LogP contribution is -2.36. The fourth-order valence-electron chi connectivity index (χ4n) is 3.35. The molecule has 1 aliphatic heterocycles. The molecule has 0 spiro atoms. The molecule has 6 heteroatoms. The van der Waals surface area contributed by atoms with Crippen LogP contribution in [0.1, 0.15) is 37.8 Å². The molecule has 1 saturated heterocycles. The Hall–Kier alpha value is -2.50. The first-order valence-electron chi connectivity index (χ1n) is 8.27. The van der Waals surface area contributed by atoms with E-state index in [9.17, 15) is 14.4 Å². The number of hydrogen-bond acceptors (Lipinski definition) is 4. The van der Waals surface area contributed by atoms with Crippen molar-refractivity contribution < 1.29 is 14.4 Å². The number of imide groups is 1. The summed E-state index contributed by atoms with van der Waals surface area (Å²) in [6.07, 6.45) is 8.64. The number of carbonyl (C=O) groups is 3. The molecule has 0 saturated carbocycles. The third-order valence-corrected chi connectivity index (χ3v) is 4.74. The van der Waals surface area contributed by atoms with Gasteiger partial charge in [-0.15, -0.1) is 0 Å². The number of nitrogens with zero attached hydrogens (tertiary/aromatic N) is 2. The van der Waals surface area contributed by atoms with Gasteiger partial charge in [-0.2, -0.15) is 0 Å². The van der Waals surface area contributed by atoms with Gasteiger partial charge in [0.15, 0.2) is 0 Å². The lowest BCUT2D eigenvalue weighted by atomic mass is 9.85. The second-order valence-electron chi connectivity index (χ2n) is 6.30. The summed E-state index contributed by atoms with van der Waals surface area (Å²) in [7, 11) is 0. The molecule has 1 aliphatic carbocycles. The molecule has 2 heterocycles. The molecule has 126 valence electrons. The van der Waals surface area contributed by atoms with Crippen LogP contribution in [0.4, 0.5) is 0 Å². The molecule has 2 aliphatic rings. The Morgan fingerprint density at radius 1 is 1.21 bits per heavy atom. The summed E-state index contributed by atoms with van der Waals surface area (Å²) in [6, 6.07) is 3.55. The summed E-state index contributed by atoms with van der Waals surface area (Å²) in [5, 5.41) is 2.88. The fraction of sp³-hybridized carbons (Fsp3) is 0.444. The van der Waals surface area contributed by atoms with Crippen LogP contribution in [0.15, 0.2) is 36.7 Å². The number of carbonyl (C=O) groups excluding carboxylic acids is 3. The molecule has 3 rings (SSSR count). The normalized spacial score (nSPS) is 24.0. The zero-order valence-electron chi connectivity index (χ0n) is 13.6. The highest BCUT2D eigenvalue weighted by atomic mass is 16.2. The van der Waals surface area contributed by atoms with Crippen LogP contribution in [0.5, 0.6) is 0 Å². The minimum Gasteiger partial charge on any atom is -0.350 e. The third kappa shape index (κ3) is 3.22. The number of fused-ring (bicyclic) bond motifs is 1. The van der Waals surface area contributed by atoms with Gasteiger partial charge in [-0.3, -0.25) is 24.3 Å². The number of rotatable bonds is 5. The van der Waals surface area contributed by atoms with Crippen LogP contribution in [-0.2, 0) is 14.4 Å². The van der Waals surface area contributed by atoms with E-state index >= 15 is 0 Å². The molecule has 6 nitrogen and oxygen atoms in total. The van der Waals surface area contributed by atoms with Gasteiger partial charge in [-0.25, -0.2) is 0 Å². The summed E-state index contributed by atoms with van der Waals surface area (Å²) < 4.78 is 0. The smallest absolute Gasteiger partial charge is 0.233 e. The molecule has 3 amide bonds. The van der Waals surface area contributed by atoms with Crippen molar-refractivity contribution in [1.29, 1.82) is 0 Å².